The van der Waals surface area contributed by atoms with Crippen molar-refractivity contribution in [2.45, 2.75) is 71.1 Å². The van der Waals surface area contributed by atoms with Crippen molar-refractivity contribution < 1.29 is 38.5 Å². The monoisotopic (exact) mass is 531 g/mol. The predicted octanol–water partition coefficient (Wildman–Crippen LogP) is 3.15. The molecule has 4 atom stereocenters. The Kier molecular flexibility index (Phi) is 6.80. The zero-order valence-electron chi connectivity index (χ0n) is 20.8. The van der Waals surface area contributed by atoms with Gasteiger partial charge in [0.2, 0.25) is 12.7 Å². The van der Waals surface area contributed by atoms with Crippen molar-refractivity contribution in [2.24, 2.45) is 11.8 Å². The third-order valence-electron chi connectivity index (χ3n) is 7.36. The second-order valence-corrected chi connectivity index (χ2v) is 10.8. The standard InChI is InChI=1S/C25H29N3O8S/c1-12-17(16-9-27-10-26-19(14(3)30)23(27)37-16)21(28-20(12)18(13(2)29)22(28)31)24(32)34-11-35-25(33)36-15-7-5-4-6-8-15/h9-10,12-13,15,18,20,29H,4-8,11H2,1-3H3/t12-,13+,18+,20+/m0/s1. The van der Waals surface area contributed by atoms with Crippen LogP contribution in [0.4, 0.5) is 4.79 Å². The number of hydrogen-bond donors (Lipinski definition) is 1. The topological polar surface area (TPSA) is 137 Å². The molecule has 4 heterocycles. The van der Waals surface area contributed by atoms with Crippen LogP contribution in [0.2, 0.25) is 0 Å². The van der Waals surface area contributed by atoms with Gasteiger partial charge in [-0.1, -0.05) is 13.3 Å². The zero-order chi connectivity index (χ0) is 26.4. The molecule has 3 aliphatic rings. The zero-order valence-corrected chi connectivity index (χ0v) is 21.7. The molecule has 0 aromatic carbocycles. The van der Waals surface area contributed by atoms with E-state index in [-0.39, 0.29) is 29.4 Å². The van der Waals surface area contributed by atoms with E-state index >= 15 is 0 Å². The molecule has 198 valence electrons. The maximum Gasteiger partial charge on any atom is 0.511 e. The lowest BCUT2D eigenvalue weighted by molar-refractivity contribution is -0.167. The van der Waals surface area contributed by atoms with Gasteiger partial charge in [-0.3, -0.25) is 14.0 Å². The number of imidazole rings is 1. The van der Waals surface area contributed by atoms with Gasteiger partial charge in [-0.15, -0.1) is 11.3 Å². The summed E-state index contributed by atoms with van der Waals surface area (Å²) in [5.41, 5.74) is 0.933. The van der Waals surface area contributed by atoms with Crippen LogP contribution >= 0.6 is 11.3 Å². The van der Waals surface area contributed by atoms with E-state index in [0.717, 1.165) is 32.1 Å². The molecule has 1 amide bonds. The Morgan fingerprint density at radius 3 is 2.62 bits per heavy atom. The number of fused-ring (bicyclic) bond motifs is 2. The fourth-order valence-electron chi connectivity index (χ4n) is 5.60. The molecule has 0 unspecified atom stereocenters. The molecular formula is C25H29N3O8S. The number of carbonyl (C=O) groups excluding carboxylic acids is 4. The molecule has 11 nitrogen and oxygen atoms in total. The predicted molar refractivity (Wildman–Crippen MR) is 130 cm³/mol. The molecule has 1 N–H and O–H groups in total. The Bertz CT molecular complexity index is 1290. The van der Waals surface area contributed by atoms with Crippen molar-refractivity contribution in [3.05, 3.63) is 28.8 Å². The highest BCUT2D eigenvalue weighted by atomic mass is 32.1. The molecule has 0 radical (unpaired) electrons. The van der Waals surface area contributed by atoms with Crippen LogP contribution < -0.4 is 0 Å². The van der Waals surface area contributed by atoms with Gasteiger partial charge in [-0.05, 0) is 32.6 Å². The summed E-state index contributed by atoms with van der Waals surface area (Å²) in [5, 5.41) is 10.2. The molecule has 2 fully saturated rings. The van der Waals surface area contributed by atoms with Crippen molar-refractivity contribution in [1.29, 1.82) is 0 Å². The van der Waals surface area contributed by atoms with Crippen molar-refractivity contribution in [1.82, 2.24) is 14.3 Å². The average molecular weight is 532 g/mol. The summed E-state index contributed by atoms with van der Waals surface area (Å²) in [4.78, 5) is 57.0. The Labute approximate surface area is 217 Å². The van der Waals surface area contributed by atoms with E-state index in [0.29, 0.717) is 21.0 Å². The van der Waals surface area contributed by atoms with Gasteiger partial charge in [-0.25, -0.2) is 14.6 Å². The number of amides is 1. The highest BCUT2D eigenvalue weighted by Crippen LogP contribution is 2.51. The Morgan fingerprint density at radius 1 is 1.22 bits per heavy atom. The van der Waals surface area contributed by atoms with Gasteiger partial charge < -0.3 is 24.2 Å². The molecule has 0 spiro atoms. The maximum atomic E-state index is 13.2. The summed E-state index contributed by atoms with van der Waals surface area (Å²) in [7, 11) is 0. The summed E-state index contributed by atoms with van der Waals surface area (Å²) in [5.74, 6) is -2.34. The SMILES string of the molecule is CC(=O)c1ncn2cc(C3=C(C(=O)OCOC(=O)OC4CCCCC4)N4C(=O)[C@H]([C@@H](C)O)[C@H]4[C@H]3C)sc12. The third kappa shape index (κ3) is 4.42. The molecule has 1 saturated carbocycles. The summed E-state index contributed by atoms with van der Waals surface area (Å²) < 4.78 is 17.2. The second kappa shape index (κ2) is 9.90. The average Bonchev–Trinajstić information content (AvgIpc) is 3.49. The van der Waals surface area contributed by atoms with Gasteiger partial charge in [-0.2, -0.15) is 0 Å². The molecule has 12 heteroatoms. The van der Waals surface area contributed by atoms with Gasteiger partial charge in [0.15, 0.2) is 5.78 Å². The molecule has 5 rings (SSSR count). The molecule has 2 aromatic rings. The highest BCUT2D eigenvalue weighted by molar-refractivity contribution is 7.18. The molecular weight excluding hydrogens is 502 g/mol. The van der Waals surface area contributed by atoms with Crippen LogP contribution in [0.5, 0.6) is 0 Å². The number of aliphatic hydroxyl groups is 1. The second-order valence-electron chi connectivity index (χ2n) is 9.80. The lowest BCUT2D eigenvalue weighted by Crippen LogP contribution is -2.63. The number of esters is 1. The van der Waals surface area contributed by atoms with E-state index < -0.39 is 37.0 Å². The Hall–Kier alpha value is -3.25. The minimum atomic E-state index is -0.904. The van der Waals surface area contributed by atoms with Crippen LogP contribution in [0.25, 0.3) is 10.4 Å². The largest absolute Gasteiger partial charge is 0.511 e. The summed E-state index contributed by atoms with van der Waals surface area (Å²) in [6.45, 7) is 4.20. The maximum absolute atomic E-state index is 13.2. The molecule has 2 aromatic heterocycles. The first kappa shape index (κ1) is 25.4. The number of rotatable bonds is 7. The normalized spacial score (nSPS) is 24.6. The molecule has 37 heavy (non-hydrogen) atoms. The number of aromatic nitrogens is 2. The minimum Gasteiger partial charge on any atom is -0.431 e. The van der Waals surface area contributed by atoms with Crippen LogP contribution in [0.3, 0.4) is 0 Å². The van der Waals surface area contributed by atoms with Crippen LogP contribution in [-0.2, 0) is 23.8 Å². The number of β-lactam (4-membered cyclic amide) rings is 1. The van der Waals surface area contributed by atoms with E-state index in [4.69, 9.17) is 14.2 Å². The van der Waals surface area contributed by atoms with Gasteiger partial charge in [0, 0.05) is 24.6 Å². The number of nitrogens with zero attached hydrogens (tertiary/aromatic N) is 3. The first-order valence-electron chi connectivity index (χ1n) is 12.4. The number of aliphatic hydroxyl groups excluding tert-OH is 1. The van der Waals surface area contributed by atoms with Gasteiger partial charge in [0.25, 0.3) is 0 Å². The number of ether oxygens (including phenoxy) is 3. The number of hydrogen-bond acceptors (Lipinski definition) is 10. The summed E-state index contributed by atoms with van der Waals surface area (Å²) in [6.07, 6.45) is 5.93. The quantitative estimate of drug-likeness (QED) is 0.247. The molecule has 0 bridgehead atoms. The number of carbonyl (C=O) groups is 4. The smallest absolute Gasteiger partial charge is 0.431 e. The van der Waals surface area contributed by atoms with Crippen LogP contribution in [0.15, 0.2) is 18.2 Å². The highest BCUT2D eigenvalue weighted by Gasteiger charge is 2.60. The Morgan fingerprint density at radius 2 is 1.95 bits per heavy atom. The fourth-order valence-corrected chi connectivity index (χ4v) is 6.87. The van der Waals surface area contributed by atoms with E-state index in [9.17, 15) is 24.3 Å². The first-order chi connectivity index (χ1) is 17.7. The summed E-state index contributed by atoms with van der Waals surface area (Å²) >= 11 is 1.28. The number of ketones is 1. The van der Waals surface area contributed by atoms with Crippen molar-refractivity contribution in [3.8, 4) is 0 Å². The lowest BCUT2D eigenvalue weighted by Gasteiger charge is -2.46. The van der Waals surface area contributed by atoms with E-state index in [1.54, 1.807) is 17.5 Å². The van der Waals surface area contributed by atoms with E-state index in [1.807, 2.05) is 6.92 Å². The van der Waals surface area contributed by atoms with E-state index in [1.165, 1.54) is 29.5 Å². The van der Waals surface area contributed by atoms with Crippen LogP contribution in [-0.4, -0.2) is 68.2 Å². The lowest BCUT2D eigenvalue weighted by atomic mass is 9.77. The molecule has 2 aliphatic heterocycles. The van der Waals surface area contributed by atoms with E-state index in [2.05, 4.69) is 4.98 Å². The minimum absolute atomic E-state index is 0.0467. The Balaban J connectivity index is 1.38. The fraction of sp³-hybridized carbons (Fsp3) is 0.560. The van der Waals surface area contributed by atoms with Gasteiger partial charge in [0.05, 0.1) is 22.9 Å². The van der Waals surface area contributed by atoms with Crippen molar-refractivity contribution in [3.63, 3.8) is 0 Å². The summed E-state index contributed by atoms with van der Waals surface area (Å²) in [6, 6.07) is -0.422. The number of thiazole rings is 1. The van der Waals surface area contributed by atoms with Crippen molar-refractivity contribution in [2.75, 3.05) is 6.79 Å². The van der Waals surface area contributed by atoms with Gasteiger partial charge in [0.1, 0.15) is 28.7 Å². The first-order valence-corrected chi connectivity index (χ1v) is 13.2. The number of Topliss-reactive ketones (excluding diaryl/α,β-unsaturated/α-hetero) is 1. The van der Waals surface area contributed by atoms with Crippen LogP contribution in [0.1, 0.15) is 68.2 Å². The van der Waals surface area contributed by atoms with Crippen molar-refractivity contribution >= 4 is 45.6 Å². The molecule has 1 saturated heterocycles. The third-order valence-corrected chi connectivity index (χ3v) is 8.50. The van der Waals surface area contributed by atoms with Crippen LogP contribution in [0, 0.1) is 11.8 Å². The molecule has 1 aliphatic carbocycles. The van der Waals surface area contributed by atoms with Gasteiger partial charge >= 0.3 is 12.1 Å².